The van der Waals surface area contributed by atoms with Crippen LogP contribution in [-0.4, -0.2) is 5.71 Å². The molecule has 0 bridgehead atoms. The van der Waals surface area contributed by atoms with Crippen LogP contribution in [0.2, 0.25) is 0 Å². The minimum absolute atomic E-state index is 0.731. The fourth-order valence-corrected chi connectivity index (χ4v) is 0.891. The molecule has 0 aliphatic heterocycles. The highest BCUT2D eigenvalue weighted by Crippen LogP contribution is 2.02. The van der Waals surface area contributed by atoms with Gasteiger partial charge in [-0.15, -0.1) is 0 Å². The lowest BCUT2D eigenvalue weighted by Gasteiger charge is -2.02. The van der Waals surface area contributed by atoms with Crippen LogP contribution in [0.5, 0.6) is 0 Å². The van der Waals surface area contributed by atoms with Gasteiger partial charge in [0.25, 0.3) is 0 Å². The van der Waals surface area contributed by atoms with Crippen molar-refractivity contribution in [2.45, 2.75) is 40.5 Å². The van der Waals surface area contributed by atoms with E-state index in [1.165, 1.54) is 5.71 Å². The van der Waals surface area contributed by atoms with Crippen molar-refractivity contribution in [2.75, 3.05) is 0 Å². The molecule has 0 spiro atoms. The first-order valence-corrected chi connectivity index (χ1v) is 4.01. The molecule has 0 unspecified atom stereocenters. The zero-order chi connectivity index (χ0) is 7.98. The van der Waals surface area contributed by atoms with Gasteiger partial charge in [0.2, 0.25) is 0 Å². The Labute approximate surface area is 64.6 Å². The SMILES string of the molecule is CC[CH]/N=C(\C)CC(C)C. The highest BCUT2D eigenvalue weighted by molar-refractivity contribution is 5.82. The Bertz CT molecular complexity index is 103. The van der Waals surface area contributed by atoms with Gasteiger partial charge in [-0.1, -0.05) is 20.8 Å². The quantitative estimate of drug-likeness (QED) is 0.532. The lowest BCUT2D eigenvalue weighted by molar-refractivity contribution is 0.681. The van der Waals surface area contributed by atoms with E-state index in [-0.39, 0.29) is 0 Å². The molecule has 0 saturated carbocycles. The second-order valence-corrected chi connectivity index (χ2v) is 3.05. The highest BCUT2D eigenvalue weighted by Gasteiger charge is 1.95. The van der Waals surface area contributed by atoms with Crippen LogP contribution in [0.3, 0.4) is 0 Å². The summed E-state index contributed by atoms with van der Waals surface area (Å²) in [5.41, 5.74) is 1.25. The van der Waals surface area contributed by atoms with E-state index in [1.807, 2.05) is 6.54 Å². The van der Waals surface area contributed by atoms with E-state index < -0.39 is 0 Å². The maximum Gasteiger partial charge on any atom is 0.0719 e. The Balaban J connectivity index is 3.49. The third-order valence-electron chi connectivity index (χ3n) is 1.20. The van der Waals surface area contributed by atoms with Crippen molar-refractivity contribution in [3.63, 3.8) is 0 Å². The number of rotatable bonds is 4. The number of aliphatic imine (C=N–C) groups is 1. The summed E-state index contributed by atoms with van der Waals surface area (Å²) < 4.78 is 0. The second kappa shape index (κ2) is 5.45. The predicted molar refractivity (Wildman–Crippen MR) is 47.2 cm³/mol. The standard InChI is InChI=1S/C9H18N/c1-5-6-10-9(4)7-8(2)3/h6,8H,5,7H2,1-4H3/b10-9+. The first-order chi connectivity index (χ1) is 4.66. The number of hydrogen-bond acceptors (Lipinski definition) is 1. The molecular formula is C9H18N. The molecule has 0 aromatic rings. The Morgan fingerprint density at radius 1 is 1.50 bits per heavy atom. The number of nitrogens with zero attached hydrogens (tertiary/aromatic N) is 1. The van der Waals surface area contributed by atoms with Gasteiger partial charge in [0.05, 0.1) is 6.54 Å². The van der Waals surface area contributed by atoms with E-state index in [1.54, 1.807) is 0 Å². The van der Waals surface area contributed by atoms with Crippen LogP contribution in [0.25, 0.3) is 0 Å². The second-order valence-electron chi connectivity index (χ2n) is 3.05. The largest absolute Gasteiger partial charge is 0.289 e. The maximum absolute atomic E-state index is 4.27. The lowest BCUT2D eigenvalue weighted by atomic mass is 10.1. The van der Waals surface area contributed by atoms with Gasteiger partial charge in [-0.05, 0) is 25.7 Å². The summed E-state index contributed by atoms with van der Waals surface area (Å²) in [6, 6.07) is 0. The van der Waals surface area contributed by atoms with E-state index >= 15 is 0 Å². The van der Waals surface area contributed by atoms with E-state index in [0.29, 0.717) is 0 Å². The van der Waals surface area contributed by atoms with Gasteiger partial charge < -0.3 is 0 Å². The smallest absolute Gasteiger partial charge is 0.0719 e. The molecule has 59 valence electrons. The fourth-order valence-electron chi connectivity index (χ4n) is 0.891. The molecule has 1 radical (unpaired) electrons. The van der Waals surface area contributed by atoms with E-state index in [9.17, 15) is 0 Å². The first kappa shape index (κ1) is 9.67. The third-order valence-corrected chi connectivity index (χ3v) is 1.20. The molecule has 0 aliphatic rings. The Morgan fingerprint density at radius 3 is 2.50 bits per heavy atom. The zero-order valence-electron chi connectivity index (χ0n) is 7.52. The minimum atomic E-state index is 0.731. The Kier molecular flexibility index (Phi) is 5.27. The highest BCUT2D eigenvalue weighted by atomic mass is 14.7. The molecule has 0 N–H and O–H groups in total. The molecule has 0 aromatic heterocycles. The predicted octanol–water partition coefficient (Wildman–Crippen LogP) is 3.07. The summed E-state index contributed by atoms with van der Waals surface area (Å²) in [6.45, 7) is 10.6. The normalized spacial score (nSPS) is 12.7. The Morgan fingerprint density at radius 2 is 2.10 bits per heavy atom. The Hall–Kier alpha value is -0.330. The van der Waals surface area contributed by atoms with Crippen molar-refractivity contribution in [1.29, 1.82) is 0 Å². The van der Waals surface area contributed by atoms with Crippen LogP contribution < -0.4 is 0 Å². The van der Waals surface area contributed by atoms with E-state index in [0.717, 1.165) is 18.8 Å². The molecule has 0 heterocycles. The van der Waals surface area contributed by atoms with E-state index in [4.69, 9.17) is 0 Å². The van der Waals surface area contributed by atoms with Gasteiger partial charge in [0, 0.05) is 5.71 Å². The van der Waals surface area contributed by atoms with E-state index in [2.05, 4.69) is 32.7 Å². The van der Waals surface area contributed by atoms with Gasteiger partial charge in [0.15, 0.2) is 0 Å². The van der Waals surface area contributed by atoms with Crippen molar-refractivity contribution in [3.05, 3.63) is 6.54 Å². The molecule has 0 fully saturated rings. The van der Waals surface area contributed by atoms with Gasteiger partial charge in [-0.2, -0.15) is 0 Å². The monoisotopic (exact) mass is 140 g/mol. The average molecular weight is 140 g/mol. The fraction of sp³-hybridized carbons (Fsp3) is 0.778. The van der Waals surface area contributed by atoms with Gasteiger partial charge in [0.1, 0.15) is 0 Å². The maximum atomic E-state index is 4.27. The summed E-state index contributed by atoms with van der Waals surface area (Å²) in [5, 5.41) is 0. The molecule has 1 nitrogen and oxygen atoms in total. The number of hydrogen-bond donors (Lipinski definition) is 0. The van der Waals surface area contributed by atoms with Gasteiger partial charge in [-0.25, -0.2) is 0 Å². The summed E-state index contributed by atoms with van der Waals surface area (Å²) in [7, 11) is 0. The van der Waals surface area contributed by atoms with Crippen molar-refractivity contribution < 1.29 is 0 Å². The molecule has 0 aliphatic carbocycles. The van der Waals surface area contributed by atoms with Crippen molar-refractivity contribution in [2.24, 2.45) is 10.9 Å². The molecule has 10 heavy (non-hydrogen) atoms. The molecular weight excluding hydrogens is 122 g/mol. The topological polar surface area (TPSA) is 12.4 Å². The summed E-state index contributed by atoms with van der Waals surface area (Å²) in [6.07, 6.45) is 2.16. The van der Waals surface area contributed by atoms with Gasteiger partial charge in [-0.3, -0.25) is 4.99 Å². The van der Waals surface area contributed by atoms with Crippen LogP contribution in [0.15, 0.2) is 4.99 Å². The van der Waals surface area contributed by atoms with Crippen LogP contribution >= 0.6 is 0 Å². The van der Waals surface area contributed by atoms with Crippen LogP contribution in [-0.2, 0) is 0 Å². The lowest BCUT2D eigenvalue weighted by Crippen LogP contribution is -1.97. The summed E-state index contributed by atoms with van der Waals surface area (Å²) >= 11 is 0. The molecule has 0 aromatic carbocycles. The van der Waals surface area contributed by atoms with Crippen LogP contribution in [0.1, 0.15) is 40.5 Å². The minimum Gasteiger partial charge on any atom is -0.289 e. The van der Waals surface area contributed by atoms with Gasteiger partial charge >= 0.3 is 0 Å². The zero-order valence-corrected chi connectivity index (χ0v) is 7.52. The molecule has 0 atom stereocenters. The van der Waals surface area contributed by atoms with Crippen LogP contribution in [0, 0.1) is 12.5 Å². The summed E-state index contributed by atoms with van der Waals surface area (Å²) in [4.78, 5) is 4.27. The van der Waals surface area contributed by atoms with Crippen LogP contribution in [0.4, 0.5) is 0 Å². The van der Waals surface area contributed by atoms with Crippen molar-refractivity contribution in [3.8, 4) is 0 Å². The van der Waals surface area contributed by atoms with Crippen molar-refractivity contribution in [1.82, 2.24) is 0 Å². The van der Waals surface area contributed by atoms with Crippen molar-refractivity contribution >= 4 is 5.71 Å². The molecule has 0 rings (SSSR count). The first-order valence-electron chi connectivity index (χ1n) is 4.01. The molecule has 0 saturated heterocycles. The third kappa shape index (κ3) is 5.80. The molecule has 0 amide bonds. The average Bonchev–Trinajstić information content (AvgIpc) is 1.82. The molecule has 1 heteroatoms. The summed E-state index contributed by atoms with van der Waals surface area (Å²) in [5.74, 6) is 0.731.